The van der Waals surface area contributed by atoms with Crippen LogP contribution < -0.4 is 0 Å². The second-order valence-electron chi connectivity index (χ2n) is 3.67. The molecule has 0 atom stereocenters. The van der Waals surface area contributed by atoms with Crippen molar-refractivity contribution in [3.05, 3.63) is 48.2 Å². The van der Waals surface area contributed by atoms with E-state index in [0.29, 0.717) is 5.56 Å². The van der Waals surface area contributed by atoms with Gasteiger partial charge in [-0.25, -0.2) is 4.98 Å². The van der Waals surface area contributed by atoms with Gasteiger partial charge in [-0.3, -0.25) is 4.55 Å². The van der Waals surface area contributed by atoms with E-state index in [1.165, 1.54) is 12.3 Å². The average Bonchev–Trinajstić information content (AvgIpc) is 2.29. The maximum Gasteiger partial charge on any atom is 0.312 e. The Labute approximate surface area is 99.7 Å². The number of aryl methyl sites for hydroxylation is 1. The number of benzene rings is 1. The van der Waals surface area contributed by atoms with Gasteiger partial charge in [0.25, 0.3) is 0 Å². The van der Waals surface area contributed by atoms with Crippen LogP contribution in [0.5, 0.6) is 0 Å². The first-order chi connectivity index (χ1) is 7.98. The van der Waals surface area contributed by atoms with Crippen molar-refractivity contribution in [3.63, 3.8) is 0 Å². The lowest BCUT2D eigenvalue weighted by Crippen LogP contribution is -2.01. The molecule has 0 fully saturated rings. The van der Waals surface area contributed by atoms with E-state index in [4.69, 9.17) is 4.55 Å². The molecule has 17 heavy (non-hydrogen) atoms. The molecule has 4 nitrogen and oxygen atoms in total. The van der Waals surface area contributed by atoms with Gasteiger partial charge in [-0.05, 0) is 35.7 Å². The zero-order chi connectivity index (χ0) is 12.5. The van der Waals surface area contributed by atoms with Gasteiger partial charge in [0, 0.05) is 6.20 Å². The fourth-order valence-corrected chi connectivity index (χ4v) is 2.08. The minimum atomic E-state index is -4.26. The quantitative estimate of drug-likeness (QED) is 0.829. The van der Waals surface area contributed by atoms with Crippen molar-refractivity contribution in [2.75, 3.05) is 0 Å². The van der Waals surface area contributed by atoms with E-state index in [-0.39, 0.29) is 5.03 Å². The Hall–Kier alpha value is -1.72. The van der Waals surface area contributed by atoms with Crippen molar-refractivity contribution in [3.8, 4) is 11.1 Å². The fourth-order valence-electron chi connectivity index (χ4n) is 1.61. The molecule has 0 aliphatic heterocycles. The molecule has 0 saturated carbocycles. The van der Waals surface area contributed by atoms with Crippen LogP contribution in [0.15, 0.2) is 47.6 Å². The lowest BCUT2D eigenvalue weighted by Gasteiger charge is -2.06. The summed E-state index contributed by atoms with van der Waals surface area (Å²) < 4.78 is 30.9. The third kappa shape index (κ3) is 2.51. The monoisotopic (exact) mass is 249 g/mol. The molecule has 0 bridgehead atoms. The lowest BCUT2D eigenvalue weighted by atomic mass is 10.0. The summed E-state index contributed by atoms with van der Waals surface area (Å²) >= 11 is 0. The third-order valence-electron chi connectivity index (χ3n) is 2.46. The highest BCUT2D eigenvalue weighted by atomic mass is 32.2. The summed E-state index contributed by atoms with van der Waals surface area (Å²) in [7, 11) is -4.26. The van der Waals surface area contributed by atoms with E-state index in [0.717, 1.165) is 11.1 Å². The highest BCUT2D eigenvalue weighted by molar-refractivity contribution is 7.85. The molecule has 1 aromatic heterocycles. The first-order valence-corrected chi connectivity index (χ1v) is 6.42. The van der Waals surface area contributed by atoms with Gasteiger partial charge < -0.3 is 0 Å². The predicted molar refractivity (Wildman–Crippen MR) is 64.2 cm³/mol. The summed E-state index contributed by atoms with van der Waals surface area (Å²) in [6.45, 7) is 1.93. The van der Waals surface area contributed by atoms with E-state index in [1.807, 2.05) is 31.2 Å². The Kier molecular flexibility index (Phi) is 2.95. The topological polar surface area (TPSA) is 67.3 Å². The Bertz CT molecular complexity index is 650. The summed E-state index contributed by atoms with van der Waals surface area (Å²) in [5, 5.41) is -0.335. The molecular formula is C12H11NO3S. The fraction of sp³-hybridized carbons (Fsp3) is 0.0833. The van der Waals surface area contributed by atoms with Gasteiger partial charge in [0.05, 0.1) is 0 Å². The van der Waals surface area contributed by atoms with Gasteiger partial charge in [0.15, 0.2) is 5.03 Å². The zero-order valence-electron chi connectivity index (χ0n) is 9.16. The van der Waals surface area contributed by atoms with Crippen LogP contribution in [0.3, 0.4) is 0 Å². The number of hydrogen-bond donors (Lipinski definition) is 1. The molecule has 0 spiro atoms. The zero-order valence-corrected chi connectivity index (χ0v) is 9.98. The third-order valence-corrected chi connectivity index (χ3v) is 3.21. The number of hydrogen-bond acceptors (Lipinski definition) is 3. The summed E-state index contributed by atoms with van der Waals surface area (Å²) in [6.07, 6.45) is 1.37. The summed E-state index contributed by atoms with van der Waals surface area (Å²) in [5.41, 5.74) is 2.66. The molecular weight excluding hydrogens is 238 g/mol. The molecule has 0 aliphatic rings. The largest absolute Gasteiger partial charge is 0.312 e. The maximum atomic E-state index is 11.0. The molecule has 0 amide bonds. The molecule has 0 radical (unpaired) electrons. The van der Waals surface area contributed by atoms with Crippen LogP contribution >= 0.6 is 0 Å². The average molecular weight is 249 g/mol. The second kappa shape index (κ2) is 4.27. The molecule has 0 aliphatic carbocycles. The minimum absolute atomic E-state index is 0.335. The number of nitrogens with zero attached hydrogens (tertiary/aromatic N) is 1. The molecule has 1 N–H and O–H groups in total. The normalized spacial score (nSPS) is 11.4. The van der Waals surface area contributed by atoms with E-state index in [9.17, 15) is 8.42 Å². The van der Waals surface area contributed by atoms with E-state index >= 15 is 0 Å². The smallest absolute Gasteiger partial charge is 0.281 e. The van der Waals surface area contributed by atoms with E-state index < -0.39 is 10.1 Å². The molecule has 1 heterocycles. The highest BCUT2D eigenvalue weighted by Crippen LogP contribution is 2.24. The Morgan fingerprint density at radius 1 is 1.18 bits per heavy atom. The van der Waals surface area contributed by atoms with Gasteiger partial charge >= 0.3 is 10.1 Å². The number of aromatic nitrogens is 1. The van der Waals surface area contributed by atoms with Gasteiger partial charge in [-0.1, -0.05) is 24.3 Å². The Balaban J connectivity index is 2.59. The molecule has 0 saturated heterocycles. The summed E-state index contributed by atoms with van der Waals surface area (Å²) in [4.78, 5) is 3.63. The standard InChI is InChI=1S/C12H11NO3S/c1-9-4-2-3-5-11(9)10-6-7-13-12(8-10)17(14,15)16/h2-8H,1H3,(H,14,15,16). The lowest BCUT2D eigenvalue weighted by molar-refractivity contribution is 0.479. The van der Waals surface area contributed by atoms with Crippen molar-refractivity contribution in [1.29, 1.82) is 0 Å². The van der Waals surface area contributed by atoms with Crippen LogP contribution in [0, 0.1) is 6.92 Å². The molecule has 2 aromatic rings. The van der Waals surface area contributed by atoms with Crippen LogP contribution in [-0.4, -0.2) is 18.0 Å². The Morgan fingerprint density at radius 2 is 1.88 bits per heavy atom. The summed E-state index contributed by atoms with van der Waals surface area (Å²) in [6, 6.07) is 10.7. The van der Waals surface area contributed by atoms with Crippen LogP contribution in [0.25, 0.3) is 11.1 Å². The van der Waals surface area contributed by atoms with Crippen LogP contribution in [0.2, 0.25) is 0 Å². The molecule has 0 unspecified atom stereocenters. The van der Waals surface area contributed by atoms with Crippen LogP contribution in [0.4, 0.5) is 0 Å². The second-order valence-corrected chi connectivity index (χ2v) is 5.04. The van der Waals surface area contributed by atoms with Crippen molar-refractivity contribution in [2.24, 2.45) is 0 Å². The van der Waals surface area contributed by atoms with Crippen LogP contribution in [-0.2, 0) is 10.1 Å². The number of rotatable bonds is 2. The first kappa shape index (κ1) is 11.8. The van der Waals surface area contributed by atoms with Gasteiger partial charge in [0.2, 0.25) is 0 Å². The molecule has 88 valence electrons. The van der Waals surface area contributed by atoms with E-state index in [1.54, 1.807) is 6.07 Å². The first-order valence-electron chi connectivity index (χ1n) is 4.98. The van der Waals surface area contributed by atoms with Crippen molar-refractivity contribution >= 4 is 10.1 Å². The predicted octanol–water partition coefficient (Wildman–Crippen LogP) is 2.30. The molecule has 2 rings (SSSR count). The van der Waals surface area contributed by atoms with E-state index in [2.05, 4.69) is 4.98 Å². The van der Waals surface area contributed by atoms with Crippen LogP contribution in [0.1, 0.15) is 5.56 Å². The number of pyridine rings is 1. The highest BCUT2D eigenvalue weighted by Gasteiger charge is 2.12. The SMILES string of the molecule is Cc1ccccc1-c1ccnc(S(=O)(=O)O)c1. The van der Waals surface area contributed by atoms with Gasteiger partial charge in [-0.15, -0.1) is 0 Å². The summed E-state index contributed by atoms with van der Waals surface area (Å²) in [5.74, 6) is 0. The van der Waals surface area contributed by atoms with Crippen molar-refractivity contribution in [1.82, 2.24) is 4.98 Å². The minimum Gasteiger partial charge on any atom is -0.281 e. The maximum absolute atomic E-state index is 11.0. The van der Waals surface area contributed by atoms with Gasteiger partial charge in [0.1, 0.15) is 0 Å². The Morgan fingerprint density at radius 3 is 2.53 bits per heavy atom. The molecule has 1 aromatic carbocycles. The van der Waals surface area contributed by atoms with Crippen molar-refractivity contribution in [2.45, 2.75) is 11.9 Å². The van der Waals surface area contributed by atoms with Gasteiger partial charge in [-0.2, -0.15) is 8.42 Å². The van der Waals surface area contributed by atoms with Crippen molar-refractivity contribution < 1.29 is 13.0 Å². The molecule has 5 heteroatoms.